The molecule has 14 nitrogen and oxygen atoms in total. The van der Waals surface area contributed by atoms with E-state index in [2.05, 4.69) is 15.0 Å². The Morgan fingerprint density at radius 3 is 2.27 bits per heavy atom. The first-order chi connectivity index (χ1) is 24.5. The topological polar surface area (TPSA) is 201 Å². The van der Waals surface area contributed by atoms with Crippen molar-refractivity contribution >= 4 is 53.2 Å². The molecule has 4 N–H and O–H groups in total. The number of hydrogen-bond donors (Lipinski definition) is 2. The van der Waals surface area contributed by atoms with E-state index < -0.39 is 25.5 Å². The van der Waals surface area contributed by atoms with Crippen molar-refractivity contribution in [3.05, 3.63) is 83.9 Å². The molecule has 0 fully saturated rings. The van der Waals surface area contributed by atoms with Crippen molar-refractivity contribution in [3.8, 4) is 0 Å². The maximum Gasteiger partial charge on any atom is 0.356 e. The molecule has 274 valence electrons. The van der Waals surface area contributed by atoms with E-state index in [1.54, 1.807) is 66.3 Å². The summed E-state index contributed by atoms with van der Waals surface area (Å²) < 4.78 is 37.9. The van der Waals surface area contributed by atoms with Gasteiger partial charge in [-0.3, -0.25) is 18.9 Å². The van der Waals surface area contributed by atoms with E-state index in [9.17, 15) is 18.9 Å². The fourth-order valence-electron chi connectivity index (χ4n) is 4.69. The second-order valence-corrected chi connectivity index (χ2v) is 15.1. The second-order valence-electron chi connectivity index (χ2n) is 12.0. The molecule has 0 aliphatic heterocycles. The van der Waals surface area contributed by atoms with Gasteiger partial charge >= 0.3 is 13.6 Å². The number of hydrogen-bond acceptors (Lipinski definition) is 14. The SMILES string of the molecule is CC(C(=O)OCCCOP(=O)(COCCn1cnc2c(N)ncnc21)OCCCSC(=O)[C@H](N)C(C)C)c1ccc(C(=O)c2ccccc2)cc1. The molecule has 0 radical (unpaired) electrons. The van der Waals surface area contributed by atoms with Crippen LogP contribution in [0.5, 0.6) is 0 Å². The van der Waals surface area contributed by atoms with Crippen LogP contribution in [0.2, 0.25) is 0 Å². The van der Waals surface area contributed by atoms with Gasteiger partial charge < -0.3 is 34.6 Å². The van der Waals surface area contributed by atoms with E-state index in [1.807, 2.05) is 19.9 Å². The second kappa shape index (κ2) is 19.6. The zero-order chi connectivity index (χ0) is 36.8. The Balaban J connectivity index is 1.23. The summed E-state index contributed by atoms with van der Waals surface area (Å²) in [5.74, 6) is -0.365. The summed E-state index contributed by atoms with van der Waals surface area (Å²) in [4.78, 5) is 50.0. The Hall–Kier alpha value is -3.98. The Labute approximate surface area is 301 Å². The number of carbonyl (C=O) groups is 3. The van der Waals surface area contributed by atoms with Crippen LogP contribution in [0.4, 0.5) is 5.82 Å². The first-order valence-corrected chi connectivity index (χ1v) is 19.4. The molecule has 2 aromatic heterocycles. The quantitative estimate of drug-likeness (QED) is 0.0488. The van der Waals surface area contributed by atoms with Gasteiger partial charge in [0.05, 0.1) is 44.7 Å². The number of esters is 1. The maximum atomic E-state index is 13.6. The summed E-state index contributed by atoms with van der Waals surface area (Å²) in [5, 5.41) is -0.106. The minimum Gasteiger partial charge on any atom is -0.465 e. The molecular weight excluding hydrogens is 695 g/mol. The lowest BCUT2D eigenvalue weighted by molar-refractivity contribution is -0.145. The molecule has 0 bridgehead atoms. The number of carbonyl (C=O) groups excluding carboxylic acids is 3. The van der Waals surface area contributed by atoms with Crippen molar-refractivity contribution in [1.82, 2.24) is 19.5 Å². The van der Waals surface area contributed by atoms with Crippen LogP contribution >= 0.6 is 19.4 Å². The third kappa shape index (κ3) is 11.8. The number of anilines is 1. The molecule has 0 aliphatic rings. The molecule has 2 heterocycles. The molecule has 0 spiro atoms. The van der Waals surface area contributed by atoms with Gasteiger partial charge in [-0.2, -0.15) is 0 Å². The molecule has 51 heavy (non-hydrogen) atoms. The fourth-order valence-corrected chi connectivity index (χ4v) is 7.01. The number of nitrogens with two attached hydrogens (primary N) is 2. The largest absolute Gasteiger partial charge is 0.465 e. The summed E-state index contributed by atoms with van der Waals surface area (Å²) in [5.41, 5.74) is 14.6. The van der Waals surface area contributed by atoms with Crippen molar-refractivity contribution < 1.29 is 37.5 Å². The van der Waals surface area contributed by atoms with E-state index in [1.165, 1.54) is 6.33 Å². The highest BCUT2D eigenvalue weighted by Crippen LogP contribution is 2.48. The predicted molar refractivity (Wildman–Crippen MR) is 195 cm³/mol. The van der Waals surface area contributed by atoms with Crippen LogP contribution in [0.25, 0.3) is 11.2 Å². The van der Waals surface area contributed by atoms with Crippen molar-refractivity contribution in [2.24, 2.45) is 11.7 Å². The molecular formula is C35H45N6O8PS. The zero-order valence-electron chi connectivity index (χ0n) is 29.0. The van der Waals surface area contributed by atoms with Crippen molar-refractivity contribution in [1.29, 1.82) is 0 Å². The third-order valence-corrected chi connectivity index (χ3v) is 10.6. The van der Waals surface area contributed by atoms with Crippen LogP contribution in [-0.4, -0.2) is 81.0 Å². The fraction of sp³-hybridized carbons (Fsp3) is 0.429. The molecule has 0 amide bonds. The summed E-state index contributed by atoms with van der Waals surface area (Å²) >= 11 is 1.12. The number of benzene rings is 2. The first kappa shape index (κ1) is 39.8. The van der Waals surface area contributed by atoms with E-state index in [4.69, 9.17) is 30.0 Å². The van der Waals surface area contributed by atoms with Crippen molar-refractivity contribution in [2.75, 3.05) is 44.3 Å². The summed E-state index contributed by atoms with van der Waals surface area (Å²) in [6, 6.07) is 15.3. The van der Waals surface area contributed by atoms with Crippen LogP contribution in [0.15, 0.2) is 67.3 Å². The summed E-state index contributed by atoms with van der Waals surface area (Å²) in [7, 11) is -3.73. The highest BCUT2D eigenvalue weighted by atomic mass is 32.2. The molecule has 2 aromatic carbocycles. The number of rotatable bonds is 21. The molecule has 16 heteroatoms. The molecule has 3 atom stereocenters. The minimum absolute atomic E-state index is 0.0164. The molecule has 2 unspecified atom stereocenters. The summed E-state index contributed by atoms with van der Waals surface area (Å²) in [6.45, 7) is 6.08. The lowest BCUT2D eigenvalue weighted by atomic mass is 9.97. The highest BCUT2D eigenvalue weighted by molar-refractivity contribution is 8.13. The van der Waals surface area contributed by atoms with Gasteiger partial charge in [0.25, 0.3) is 0 Å². The van der Waals surface area contributed by atoms with Gasteiger partial charge in [0, 0.05) is 29.8 Å². The van der Waals surface area contributed by atoms with Gasteiger partial charge in [0.2, 0.25) is 5.12 Å². The van der Waals surface area contributed by atoms with Crippen LogP contribution in [0.3, 0.4) is 0 Å². The first-order valence-electron chi connectivity index (χ1n) is 16.6. The van der Waals surface area contributed by atoms with Gasteiger partial charge in [-0.05, 0) is 24.8 Å². The van der Waals surface area contributed by atoms with Crippen molar-refractivity contribution in [3.63, 3.8) is 0 Å². The Morgan fingerprint density at radius 2 is 1.57 bits per heavy atom. The highest BCUT2D eigenvalue weighted by Gasteiger charge is 2.26. The van der Waals surface area contributed by atoms with Crippen LogP contribution in [0.1, 0.15) is 61.0 Å². The number of imidazole rings is 1. The molecule has 0 saturated heterocycles. The van der Waals surface area contributed by atoms with Gasteiger partial charge in [-0.1, -0.05) is 80.2 Å². The monoisotopic (exact) mass is 740 g/mol. The molecule has 4 aromatic rings. The number of ketones is 1. The number of thioether (sulfide) groups is 1. The number of ether oxygens (including phenoxy) is 2. The van der Waals surface area contributed by atoms with E-state index in [-0.39, 0.29) is 61.8 Å². The van der Waals surface area contributed by atoms with E-state index in [0.717, 1.165) is 11.8 Å². The van der Waals surface area contributed by atoms with Gasteiger partial charge in [0.1, 0.15) is 18.2 Å². The number of nitrogens with zero attached hydrogens (tertiary/aromatic N) is 4. The molecule has 4 rings (SSSR count). The van der Waals surface area contributed by atoms with Gasteiger partial charge in [-0.25, -0.2) is 15.0 Å². The van der Waals surface area contributed by atoms with Gasteiger partial charge in [0.15, 0.2) is 17.2 Å². The van der Waals surface area contributed by atoms with Crippen LogP contribution < -0.4 is 11.5 Å². The lowest BCUT2D eigenvalue weighted by Crippen LogP contribution is -2.33. The molecule has 0 aliphatic carbocycles. The van der Waals surface area contributed by atoms with Crippen molar-refractivity contribution in [2.45, 2.75) is 52.1 Å². The lowest BCUT2D eigenvalue weighted by Gasteiger charge is -2.19. The third-order valence-electron chi connectivity index (χ3n) is 7.85. The molecule has 0 saturated carbocycles. The number of nitrogen functional groups attached to an aromatic ring is 1. The van der Waals surface area contributed by atoms with E-state index in [0.29, 0.717) is 46.6 Å². The van der Waals surface area contributed by atoms with E-state index >= 15 is 0 Å². The summed E-state index contributed by atoms with van der Waals surface area (Å²) in [6.07, 6.45) is 3.30. The Morgan fingerprint density at radius 1 is 0.882 bits per heavy atom. The standard InChI is InChI=1S/C35H45N6O8PS/c1-24(2)29(36)35(44)51-20-8-18-49-50(45,23-46-19-15-41-22-40-30-32(37)38-21-39-33(30)41)48-17-7-16-47-34(43)25(3)26-11-13-28(14-12-26)31(42)27-9-5-4-6-10-27/h4-6,9-14,21-22,24-25,29H,7-8,15-20,23,36H2,1-3H3,(H2,37,38,39)/t25?,29-,50?/m1/s1. The smallest absolute Gasteiger partial charge is 0.356 e. The average molecular weight is 741 g/mol. The van der Waals surface area contributed by atoms with Crippen LogP contribution in [0, 0.1) is 5.92 Å². The normalized spacial score (nSPS) is 13.9. The Bertz CT molecular complexity index is 1790. The Kier molecular flexibility index (Phi) is 15.3. The maximum absolute atomic E-state index is 13.6. The number of fused-ring (bicyclic) bond motifs is 1. The zero-order valence-corrected chi connectivity index (χ0v) is 30.7. The predicted octanol–water partition coefficient (Wildman–Crippen LogP) is 5.21. The number of aromatic nitrogens is 4. The minimum atomic E-state index is -3.73. The average Bonchev–Trinajstić information content (AvgIpc) is 3.56. The van der Waals surface area contributed by atoms with Crippen LogP contribution in [-0.2, 0) is 39.2 Å². The van der Waals surface area contributed by atoms with Gasteiger partial charge in [-0.15, -0.1) is 0 Å².